The molecule has 2 unspecified atom stereocenters. The molecule has 330 valence electrons. The van der Waals surface area contributed by atoms with Gasteiger partial charge in [-0.2, -0.15) is 0 Å². The highest BCUT2D eigenvalue weighted by atomic mass is 15.3. The van der Waals surface area contributed by atoms with Crippen LogP contribution in [0.4, 0.5) is 0 Å². The molecule has 0 aromatic heterocycles. The quantitative estimate of drug-likeness (QED) is 0.265. The lowest BCUT2D eigenvalue weighted by Gasteiger charge is -2.37. The highest BCUT2D eigenvalue weighted by Crippen LogP contribution is 2.22. The third-order valence-corrected chi connectivity index (χ3v) is 13.1. The molecule has 0 aliphatic carbocycles. The van der Waals surface area contributed by atoms with Gasteiger partial charge in [0.25, 0.3) is 0 Å². The van der Waals surface area contributed by atoms with Crippen LogP contribution in [0.5, 0.6) is 0 Å². The molecule has 0 aromatic rings. The Morgan fingerprint density at radius 2 is 0.600 bits per heavy atom. The Kier molecular flexibility index (Phi) is 28.6. The molecule has 0 aromatic carbocycles. The summed E-state index contributed by atoms with van der Waals surface area (Å²) < 4.78 is 0. The molecule has 7 heteroatoms. The summed E-state index contributed by atoms with van der Waals surface area (Å²) in [6.45, 7) is 52.6. The summed E-state index contributed by atoms with van der Waals surface area (Å²) in [4.78, 5) is 17.6. The number of rotatable bonds is 6. The standard InChI is InChI=1S/C10H21N.C9H19N.C8H18N2.C8H17N.C7H15N.C6H13N/c1-8(2)11-6-9(3)5-10(4)7-11;2*1-8(2)10-6-4-9(3)5-7-10;1-8(2)9-6-4-3-5-7-9;1-7(2)8-5-3-4-6-8;1-6(2)7-4-3-5-7/h8-10H,5-7H2,1-4H3;8-9H,4-7H2,1-3H3;8H,4-7H2,1-3H3;8H,3-7H2,1-2H3;7H,3-6H2,1-2H3;6H,3-5H2,1-2H3. The Balaban J connectivity index is 0.000000332. The van der Waals surface area contributed by atoms with E-state index in [0.717, 1.165) is 54.0 Å². The van der Waals surface area contributed by atoms with E-state index in [-0.39, 0.29) is 0 Å². The van der Waals surface area contributed by atoms with Crippen LogP contribution in [-0.4, -0.2) is 169 Å². The first-order chi connectivity index (χ1) is 25.9. The molecule has 6 fully saturated rings. The number of likely N-dealkylation sites (N-methyl/N-ethyl adjacent to an activating group) is 1. The van der Waals surface area contributed by atoms with Gasteiger partial charge in [-0.15, -0.1) is 0 Å². The maximum absolute atomic E-state index is 2.60. The van der Waals surface area contributed by atoms with Crippen molar-refractivity contribution in [3.8, 4) is 0 Å². The van der Waals surface area contributed by atoms with Gasteiger partial charge in [-0.25, -0.2) is 0 Å². The zero-order chi connectivity index (χ0) is 41.5. The highest BCUT2D eigenvalue weighted by molar-refractivity contribution is 4.77. The molecular weight excluding hydrogens is 675 g/mol. The van der Waals surface area contributed by atoms with Crippen molar-refractivity contribution in [2.75, 3.05) is 98.7 Å². The molecule has 55 heavy (non-hydrogen) atoms. The van der Waals surface area contributed by atoms with Crippen LogP contribution >= 0.6 is 0 Å². The zero-order valence-electron chi connectivity index (χ0n) is 40.6. The van der Waals surface area contributed by atoms with Gasteiger partial charge in [-0.1, -0.05) is 27.2 Å². The van der Waals surface area contributed by atoms with Crippen molar-refractivity contribution in [2.45, 2.75) is 198 Å². The molecular formula is C48H103N7. The zero-order valence-corrected chi connectivity index (χ0v) is 40.6. The molecule has 0 bridgehead atoms. The summed E-state index contributed by atoms with van der Waals surface area (Å²) in [5.74, 6) is 2.78. The molecule has 0 spiro atoms. The van der Waals surface area contributed by atoms with E-state index in [1.54, 1.807) is 0 Å². The molecule has 0 radical (unpaired) electrons. The Labute approximate surface area is 347 Å². The topological polar surface area (TPSA) is 22.7 Å². The van der Waals surface area contributed by atoms with Crippen molar-refractivity contribution in [3.63, 3.8) is 0 Å². The molecule has 2 atom stereocenters. The maximum atomic E-state index is 2.60. The Hall–Kier alpha value is -0.280. The van der Waals surface area contributed by atoms with Crippen molar-refractivity contribution in [1.29, 1.82) is 0 Å². The van der Waals surface area contributed by atoms with Crippen LogP contribution in [0.3, 0.4) is 0 Å². The number of nitrogens with zero attached hydrogens (tertiary/aromatic N) is 7. The lowest BCUT2D eigenvalue weighted by atomic mass is 9.91. The van der Waals surface area contributed by atoms with Crippen molar-refractivity contribution < 1.29 is 0 Å². The van der Waals surface area contributed by atoms with E-state index in [9.17, 15) is 0 Å². The Morgan fingerprint density at radius 1 is 0.309 bits per heavy atom. The number of hydrogen-bond acceptors (Lipinski definition) is 7. The van der Waals surface area contributed by atoms with Crippen LogP contribution in [0.2, 0.25) is 0 Å². The fraction of sp³-hybridized carbons (Fsp3) is 1.00. The van der Waals surface area contributed by atoms with Crippen LogP contribution < -0.4 is 0 Å². The smallest absolute Gasteiger partial charge is 0.0112 e. The molecule has 7 nitrogen and oxygen atoms in total. The van der Waals surface area contributed by atoms with Gasteiger partial charge in [0.15, 0.2) is 0 Å². The summed E-state index contributed by atoms with van der Waals surface area (Å²) >= 11 is 0. The number of hydrogen-bond donors (Lipinski definition) is 0. The van der Waals surface area contributed by atoms with Crippen molar-refractivity contribution in [2.24, 2.45) is 17.8 Å². The van der Waals surface area contributed by atoms with E-state index in [2.05, 4.69) is 145 Å². The largest absolute Gasteiger partial charge is 0.304 e. The summed E-state index contributed by atoms with van der Waals surface area (Å²) in [6, 6.07) is 4.55. The van der Waals surface area contributed by atoms with Crippen LogP contribution in [0.15, 0.2) is 0 Å². The first-order valence-electron chi connectivity index (χ1n) is 24.0. The molecule has 6 aliphatic rings. The lowest BCUT2D eigenvalue weighted by molar-refractivity contribution is 0.111. The minimum Gasteiger partial charge on any atom is -0.304 e. The SMILES string of the molecule is CC(C)N1CCC1.CC(C)N1CCCC1.CC(C)N1CCCCC1.CC(C)N1CCN(C)CC1.CC1CC(C)CN(C(C)C)C1.CC1CCN(C(C)C)CC1. The number of piperidine rings is 3. The molecule has 6 saturated heterocycles. The second-order valence-electron chi connectivity index (χ2n) is 20.2. The Bertz CT molecular complexity index is 824. The molecule has 0 saturated carbocycles. The van der Waals surface area contributed by atoms with Gasteiger partial charge in [0.05, 0.1) is 0 Å². The van der Waals surface area contributed by atoms with Crippen molar-refractivity contribution >= 4 is 0 Å². The normalized spacial score (nSPS) is 25.6. The molecule has 0 amide bonds. The van der Waals surface area contributed by atoms with E-state index >= 15 is 0 Å². The van der Waals surface area contributed by atoms with Crippen LogP contribution in [0, 0.1) is 17.8 Å². The van der Waals surface area contributed by atoms with Crippen molar-refractivity contribution in [3.05, 3.63) is 0 Å². The van der Waals surface area contributed by atoms with Gasteiger partial charge in [0.1, 0.15) is 0 Å². The van der Waals surface area contributed by atoms with E-state index in [0.29, 0.717) is 0 Å². The minimum atomic E-state index is 0.730. The summed E-state index contributed by atoms with van der Waals surface area (Å²) in [6.07, 6.45) is 12.7. The fourth-order valence-corrected chi connectivity index (χ4v) is 8.57. The highest BCUT2D eigenvalue weighted by Gasteiger charge is 2.23. The predicted molar refractivity (Wildman–Crippen MR) is 247 cm³/mol. The molecule has 6 rings (SSSR count). The summed E-state index contributed by atoms with van der Waals surface area (Å²) in [5.41, 5.74) is 0. The second-order valence-corrected chi connectivity index (χ2v) is 20.2. The van der Waals surface area contributed by atoms with E-state index in [1.165, 1.54) is 149 Å². The van der Waals surface area contributed by atoms with E-state index < -0.39 is 0 Å². The lowest BCUT2D eigenvalue weighted by Crippen LogP contribution is -2.47. The van der Waals surface area contributed by atoms with Crippen LogP contribution in [0.25, 0.3) is 0 Å². The van der Waals surface area contributed by atoms with E-state index in [4.69, 9.17) is 0 Å². The third kappa shape index (κ3) is 24.4. The Morgan fingerprint density at radius 3 is 0.891 bits per heavy atom. The van der Waals surface area contributed by atoms with Gasteiger partial charge < -0.3 is 29.4 Å². The molecule has 0 N–H and O–H groups in total. The average molecular weight is 778 g/mol. The fourth-order valence-electron chi connectivity index (χ4n) is 8.57. The van der Waals surface area contributed by atoms with Gasteiger partial charge in [0, 0.05) is 75.5 Å². The summed E-state index contributed by atoms with van der Waals surface area (Å²) in [7, 11) is 2.19. The monoisotopic (exact) mass is 778 g/mol. The van der Waals surface area contributed by atoms with Crippen molar-refractivity contribution in [1.82, 2.24) is 34.3 Å². The summed E-state index contributed by atoms with van der Waals surface area (Å²) in [5, 5.41) is 0. The average Bonchev–Trinajstić information content (AvgIpc) is 3.65. The van der Waals surface area contributed by atoms with Gasteiger partial charge in [-0.3, -0.25) is 4.90 Å². The molecule has 6 heterocycles. The second kappa shape index (κ2) is 29.9. The predicted octanol–water partition coefficient (Wildman–Crippen LogP) is 9.61. The van der Waals surface area contributed by atoms with Crippen LogP contribution in [-0.2, 0) is 0 Å². The van der Waals surface area contributed by atoms with Gasteiger partial charge >= 0.3 is 0 Å². The first-order valence-corrected chi connectivity index (χ1v) is 24.0. The first kappa shape index (κ1) is 52.7. The third-order valence-electron chi connectivity index (χ3n) is 13.1. The van der Waals surface area contributed by atoms with E-state index in [1.807, 2.05) is 0 Å². The van der Waals surface area contributed by atoms with Gasteiger partial charge in [0.2, 0.25) is 0 Å². The number of piperazine rings is 1. The maximum Gasteiger partial charge on any atom is 0.0112 e. The minimum absolute atomic E-state index is 0.730. The molecule has 6 aliphatic heterocycles. The number of likely N-dealkylation sites (tertiary alicyclic amines) is 5. The van der Waals surface area contributed by atoms with Crippen LogP contribution in [0.1, 0.15) is 162 Å². The van der Waals surface area contributed by atoms with Gasteiger partial charge in [-0.05, 0) is 212 Å².